The zero-order chi connectivity index (χ0) is 24.3. The maximum Gasteiger partial charge on any atom is 0.416 e. The molecule has 4 nitrogen and oxygen atoms in total. The summed E-state index contributed by atoms with van der Waals surface area (Å²) >= 11 is 1.64. The molecule has 0 radical (unpaired) electrons. The maximum atomic E-state index is 12.9. The molecule has 0 fully saturated rings. The number of aryl methyl sites for hydroxylation is 1. The number of fused-ring (bicyclic) bond motifs is 1. The van der Waals surface area contributed by atoms with Gasteiger partial charge in [-0.15, -0.1) is 11.8 Å². The summed E-state index contributed by atoms with van der Waals surface area (Å²) in [4.78, 5) is 26.3. The van der Waals surface area contributed by atoms with E-state index >= 15 is 0 Å². The van der Waals surface area contributed by atoms with Crippen molar-refractivity contribution in [2.75, 3.05) is 10.7 Å². The van der Waals surface area contributed by atoms with Crippen molar-refractivity contribution >= 4 is 29.3 Å². The van der Waals surface area contributed by atoms with E-state index in [1.54, 1.807) is 23.9 Å². The molecule has 0 atom stereocenters. The smallest absolute Gasteiger partial charge is 0.416 e. The van der Waals surface area contributed by atoms with Crippen LogP contribution in [0.5, 0.6) is 0 Å². The molecule has 1 heterocycles. The fourth-order valence-corrected chi connectivity index (χ4v) is 5.04. The Balaban J connectivity index is 1.39. The predicted molar refractivity (Wildman–Crippen MR) is 125 cm³/mol. The Morgan fingerprint density at radius 1 is 1.00 bits per heavy atom. The summed E-state index contributed by atoms with van der Waals surface area (Å²) in [6.45, 7) is 0.319. The highest BCUT2D eigenvalue weighted by Gasteiger charge is 2.33. The van der Waals surface area contributed by atoms with E-state index in [2.05, 4.69) is 0 Å². The number of carboxylic acids is 1. The van der Waals surface area contributed by atoms with Gasteiger partial charge in [-0.2, -0.15) is 13.2 Å². The summed E-state index contributed by atoms with van der Waals surface area (Å²) in [7, 11) is 0. The molecule has 3 aromatic rings. The second kappa shape index (κ2) is 9.93. The van der Waals surface area contributed by atoms with Gasteiger partial charge in [-0.05, 0) is 71.7 Å². The predicted octanol–water partition coefficient (Wildman–Crippen LogP) is 6.22. The zero-order valence-corrected chi connectivity index (χ0v) is 19.0. The first-order valence-electron chi connectivity index (χ1n) is 10.8. The molecule has 3 aromatic carbocycles. The largest absolute Gasteiger partial charge is 0.481 e. The van der Waals surface area contributed by atoms with Crippen molar-refractivity contribution < 1.29 is 27.9 Å². The maximum absolute atomic E-state index is 12.9. The van der Waals surface area contributed by atoms with Crippen molar-refractivity contribution in [3.05, 3.63) is 94.5 Å². The molecular weight excluding hydrogens is 463 g/mol. The lowest BCUT2D eigenvalue weighted by molar-refractivity contribution is -0.138. The number of benzene rings is 3. The van der Waals surface area contributed by atoms with Crippen LogP contribution in [0, 0.1) is 0 Å². The van der Waals surface area contributed by atoms with E-state index in [1.165, 1.54) is 17.0 Å². The van der Waals surface area contributed by atoms with Gasteiger partial charge in [0.15, 0.2) is 0 Å². The molecule has 0 saturated carbocycles. The summed E-state index contributed by atoms with van der Waals surface area (Å²) < 4.78 is 38.6. The lowest BCUT2D eigenvalue weighted by Crippen LogP contribution is -2.23. The average molecular weight is 486 g/mol. The van der Waals surface area contributed by atoms with Crippen molar-refractivity contribution in [1.29, 1.82) is 0 Å². The Kier molecular flexibility index (Phi) is 6.97. The molecule has 34 heavy (non-hydrogen) atoms. The van der Waals surface area contributed by atoms with Crippen LogP contribution in [0.25, 0.3) is 0 Å². The molecule has 1 aliphatic rings. The van der Waals surface area contributed by atoms with Crippen LogP contribution in [0.3, 0.4) is 0 Å². The van der Waals surface area contributed by atoms with Gasteiger partial charge < -0.3 is 10.0 Å². The Morgan fingerprint density at radius 3 is 2.41 bits per heavy atom. The minimum atomic E-state index is -4.42. The summed E-state index contributed by atoms with van der Waals surface area (Å²) in [5, 5.41) is 8.95. The minimum absolute atomic E-state index is 0.00219. The second-order valence-electron chi connectivity index (χ2n) is 8.06. The van der Waals surface area contributed by atoms with E-state index in [0.717, 1.165) is 52.3 Å². The number of carbonyl (C=O) groups is 2. The molecule has 0 saturated heterocycles. The molecule has 4 rings (SSSR count). The Hall–Kier alpha value is -3.26. The van der Waals surface area contributed by atoms with Gasteiger partial charge in [0, 0.05) is 16.1 Å². The topological polar surface area (TPSA) is 57.6 Å². The summed E-state index contributed by atoms with van der Waals surface area (Å²) in [6, 6.07) is 17.8. The van der Waals surface area contributed by atoms with Crippen molar-refractivity contribution in [3.8, 4) is 0 Å². The van der Waals surface area contributed by atoms with Gasteiger partial charge in [0.05, 0.1) is 18.5 Å². The van der Waals surface area contributed by atoms with Crippen LogP contribution in [-0.2, 0) is 30.4 Å². The van der Waals surface area contributed by atoms with Gasteiger partial charge in [-0.3, -0.25) is 9.59 Å². The third-order valence-corrected chi connectivity index (χ3v) is 6.83. The standard InChI is InChI=1S/C26H22F3NO3S/c27-26(28,29)19-9-11-20(12-10-19)30-16-22-21(25(30)33)7-2-8-23(22)34-13-3-6-17-4-1-5-18(14-17)15-24(31)32/h1-2,4-5,7-12,14H,3,6,13,15-16H2,(H,31,32). The van der Waals surface area contributed by atoms with E-state index in [1.807, 2.05) is 30.3 Å². The van der Waals surface area contributed by atoms with E-state index in [9.17, 15) is 22.8 Å². The summed E-state index contributed by atoms with van der Waals surface area (Å²) in [5.41, 5.74) is 3.02. The summed E-state index contributed by atoms with van der Waals surface area (Å²) in [5.74, 6) is -0.258. The van der Waals surface area contributed by atoms with Gasteiger partial charge in [0.25, 0.3) is 5.91 Å². The Labute approximate surface area is 199 Å². The molecule has 1 aliphatic heterocycles. The molecular formula is C26H22F3NO3S. The van der Waals surface area contributed by atoms with Crippen LogP contribution >= 0.6 is 11.8 Å². The minimum Gasteiger partial charge on any atom is -0.481 e. The number of anilines is 1. The van der Waals surface area contributed by atoms with Crippen molar-refractivity contribution in [2.45, 2.75) is 36.9 Å². The van der Waals surface area contributed by atoms with Crippen LogP contribution < -0.4 is 4.90 Å². The monoisotopic (exact) mass is 485 g/mol. The van der Waals surface area contributed by atoms with E-state index < -0.39 is 17.7 Å². The molecule has 0 aromatic heterocycles. The first-order chi connectivity index (χ1) is 16.2. The Morgan fingerprint density at radius 2 is 1.71 bits per heavy atom. The molecule has 176 valence electrons. The van der Waals surface area contributed by atoms with Gasteiger partial charge in [0.2, 0.25) is 0 Å². The van der Waals surface area contributed by atoms with Crippen molar-refractivity contribution in [2.24, 2.45) is 0 Å². The number of thioether (sulfide) groups is 1. The molecule has 8 heteroatoms. The van der Waals surface area contributed by atoms with E-state index in [4.69, 9.17) is 5.11 Å². The molecule has 1 N–H and O–H groups in total. The number of halogens is 3. The second-order valence-corrected chi connectivity index (χ2v) is 9.20. The Bertz CT molecular complexity index is 1210. The number of hydrogen-bond donors (Lipinski definition) is 1. The normalized spacial score (nSPS) is 13.3. The number of alkyl halides is 3. The number of amides is 1. The number of hydrogen-bond acceptors (Lipinski definition) is 3. The third-order valence-electron chi connectivity index (χ3n) is 5.65. The van der Waals surface area contributed by atoms with Crippen LogP contribution in [0.2, 0.25) is 0 Å². The first-order valence-corrected chi connectivity index (χ1v) is 11.7. The van der Waals surface area contributed by atoms with Gasteiger partial charge in [-0.25, -0.2) is 0 Å². The van der Waals surface area contributed by atoms with Crippen LogP contribution in [0.4, 0.5) is 18.9 Å². The highest BCUT2D eigenvalue weighted by molar-refractivity contribution is 7.99. The highest BCUT2D eigenvalue weighted by Crippen LogP contribution is 2.36. The molecule has 0 aliphatic carbocycles. The number of carboxylic acid groups (broad SMARTS) is 1. The van der Waals surface area contributed by atoms with Gasteiger partial charge in [-0.1, -0.05) is 30.3 Å². The molecule has 0 spiro atoms. The number of aliphatic carboxylic acids is 1. The highest BCUT2D eigenvalue weighted by atomic mass is 32.2. The van der Waals surface area contributed by atoms with Crippen molar-refractivity contribution in [3.63, 3.8) is 0 Å². The van der Waals surface area contributed by atoms with E-state index in [0.29, 0.717) is 17.8 Å². The van der Waals surface area contributed by atoms with Crippen molar-refractivity contribution in [1.82, 2.24) is 0 Å². The molecule has 1 amide bonds. The fourth-order valence-electron chi connectivity index (χ4n) is 4.01. The SMILES string of the molecule is O=C(O)Cc1cccc(CCCSc2cccc3c2CN(c2ccc(C(F)(F)F)cc2)C3=O)c1. The average Bonchev–Trinajstić information content (AvgIpc) is 3.13. The van der Waals surface area contributed by atoms with Crippen LogP contribution in [0.1, 0.15) is 39.0 Å². The quantitative estimate of drug-likeness (QED) is 0.304. The third kappa shape index (κ3) is 5.44. The lowest BCUT2D eigenvalue weighted by atomic mass is 10.1. The first kappa shape index (κ1) is 23.9. The van der Waals surface area contributed by atoms with Gasteiger partial charge in [0.1, 0.15) is 0 Å². The van der Waals surface area contributed by atoms with Gasteiger partial charge >= 0.3 is 12.1 Å². The summed E-state index contributed by atoms with van der Waals surface area (Å²) in [6.07, 6.45) is -2.73. The lowest BCUT2D eigenvalue weighted by Gasteiger charge is -2.17. The fraction of sp³-hybridized carbons (Fsp3) is 0.231. The molecule has 0 bridgehead atoms. The number of rotatable bonds is 8. The number of carbonyl (C=O) groups excluding carboxylic acids is 1. The van der Waals surface area contributed by atoms with E-state index in [-0.39, 0.29) is 12.3 Å². The van der Waals surface area contributed by atoms with Crippen LogP contribution in [-0.4, -0.2) is 22.7 Å². The van der Waals surface area contributed by atoms with Crippen LogP contribution in [0.15, 0.2) is 71.6 Å². The zero-order valence-electron chi connectivity index (χ0n) is 18.1. The number of nitrogens with zero attached hydrogens (tertiary/aromatic N) is 1. The molecule has 0 unspecified atom stereocenters.